The normalized spacial score (nSPS) is 11.0. The summed E-state index contributed by atoms with van der Waals surface area (Å²) in [6, 6.07) is 0. The molecule has 0 aromatic heterocycles. The van der Waals surface area contributed by atoms with Gasteiger partial charge in [-0.05, 0) is 0 Å². The Labute approximate surface area is 83.8 Å². The first-order chi connectivity index (χ1) is 5.12. The van der Waals surface area contributed by atoms with Crippen molar-refractivity contribution in [2.75, 3.05) is 0 Å². The fraction of sp³-hybridized carbons (Fsp3) is 1.00. The van der Waals surface area contributed by atoms with Crippen LogP contribution in [0.25, 0.3) is 0 Å². The fourth-order valence-corrected chi connectivity index (χ4v) is 8.64. The Morgan fingerprint density at radius 3 is 1.67 bits per heavy atom. The third-order valence-corrected chi connectivity index (χ3v) is 10.8. The third-order valence-electron chi connectivity index (χ3n) is 1.83. The van der Waals surface area contributed by atoms with Crippen molar-refractivity contribution in [1.82, 2.24) is 0 Å². The Morgan fingerprint density at radius 1 is 1.08 bits per heavy atom. The number of hydrogen-bond donors (Lipinski definition) is 1. The van der Waals surface area contributed by atoms with Crippen LogP contribution >= 0.6 is 8.92 Å². The van der Waals surface area contributed by atoms with Crippen molar-refractivity contribution >= 4 is 26.6 Å². The van der Waals surface area contributed by atoms with Crippen LogP contribution in [0.15, 0.2) is 0 Å². The van der Waals surface area contributed by atoms with Crippen molar-refractivity contribution < 1.29 is 8.92 Å². The van der Waals surface area contributed by atoms with E-state index in [1.54, 1.807) is 0 Å². The van der Waals surface area contributed by atoms with Gasteiger partial charge in [-0.2, -0.15) is 0 Å². The molecule has 0 fully saturated rings. The summed E-state index contributed by atoms with van der Waals surface area (Å²) in [5.74, 6) is 0. The van der Waals surface area contributed by atoms with E-state index in [4.69, 9.17) is 8.92 Å². The molecule has 0 saturated carbocycles. The van der Waals surface area contributed by atoms with Crippen LogP contribution < -0.4 is 0 Å². The molecule has 0 aliphatic heterocycles. The molecule has 0 bridgehead atoms. The summed E-state index contributed by atoms with van der Waals surface area (Å²) < 4.78 is 11.6. The van der Waals surface area contributed by atoms with Gasteiger partial charge in [-0.15, -0.1) is 0 Å². The van der Waals surface area contributed by atoms with Gasteiger partial charge < -0.3 is 5.48 Å². The van der Waals surface area contributed by atoms with E-state index in [0.717, 1.165) is 34.6 Å². The summed E-state index contributed by atoms with van der Waals surface area (Å²) >= 11 is -2.96. The van der Waals surface area contributed by atoms with Gasteiger partial charge in [0.2, 0.25) is 0 Å². The Kier molecular flexibility index (Phi) is 11.1. The summed E-state index contributed by atoms with van der Waals surface area (Å²) in [6.07, 6.45) is 4.52. The fourth-order valence-electron chi connectivity index (χ4n) is 1.02. The molecule has 2 nitrogen and oxygen atoms in total. The van der Waals surface area contributed by atoms with Gasteiger partial charge >= 0.3 is 78.4 Å². The summed E-state index contributed by atoms with van der Waals surface area (Å²) in [7, 11) is 6.06. The molecule has 3 N–H and O–H groups in total. The predicted octanol–water partition coefficient (Wildman–Crippen LogP) is 2.44. The van der Waals surface area contributed by atoms with Crippen LogP contribution in [0.5, 0.6) is 0 Å². The van der Waals surface area contributed by atoms with E-state index in [9.17, 15) is 3.44 Å². The van der Waals surface area contributed by atoms with E-state index < -0.39 is 17.7 Å². The molecule has 0 atom stereocenters. The second-order valence-electron chi connectivity index (χ2n) is 3.13. The molecule has 0 aromatic carbocycles. The molecule has 4 heteroatoms. The van der Waals surface area contributed by atoms with Crippen molar-refractivity contribution in [1.29, 1.82) is 0 Å². The minimum atomic E-state index is -2.96. The first kappa shape index (κ1) is 15.5. The van der Waals surface area contributed by atoms with E-state index in [2.05, 4.69) is 13.8 Å². The maximum atomic E-state index is 9.75. The van der Waals surface area contributed by atoms with Crippen molar-refractivity contribution in [2.45, 2.75) is 48.4 Å². The molecule has 0 saturated heterocycles. The van der Waals surface area contributed by atoms with Gasteiger partial charge in [0.15, 0.2) is 0 Å². The zero-order chi connectivity index (χ0) is 8.74. The molecule has 0 aliphatic rings. The maximum absolute atomic E-state index is 9.75. The number of hydrogen-bond acceptors (Lipinski definition) is 1. The van der Waals surface area contributed by atoms with Crippen molar-refractivity contribution in [2.24, 2.45) is 0 Å². The van der Waals surface area contributed by atoms with E-state index in [0.29, 0.717) is 0 Å². The van der Waals surface area contributed by atoms with Gasteiger partial charge in [0, 0.05) is 0 Å². The topological polar surface area (TPSA) is 51.7 Å². The van der Waals surface area contributed by atoms with Gasteiger partial charge in [-0.25, -0.2) is 0 Å². The minimum absolute atomic E-state index is 0. The Balaban J connectivity index is 0. The van der Waals surface area contributed by atoms with Crippen LogP contribution in [0.3, 0.4) is 0 Å². The molecule has 0 unspecified atom stereocenters. The molecule has 0 radical (unpaired) electrons. The Morgan fingerprint density at radius 2 is 1.42 bits per heavy atom. The molecule has 0 spiro atoms. The summed E-state index contributed by atoms with van der Waals surface area (Å²) in [5, 5.41) is 0. The standard InChI is InChI=1S/2C4H9.ClH.2H2O.Sn/c2*1-3-4-2;;;;/h2*1,3-4H2,2H3;1H;2*1H2;/q;;;;;+2/p-2. The van der Waals surface area contributed by atoms with Crippen LogP contribution in [0.4, 0.5) is 0 Å². The molecule has 0 aliphatic carbocycles. The summed E-state index contributed by atoms with van der Waals surface area (Å²) in [5.41, 5.74) is 0. The van der Waals surface area contributed by atoms with E-state index >= 15 is 0 Å². The molecular weight excluding hydrogens is 282 g/mol. The van der Waals surface area contributed by atoms with E-state index in [-0.39, 0.29) is 5.48 Å². The molecule has 0 aromatic rings. The molecular formula is C8H21ClO2Sn. The van der Waals surface area contributed by atoms with Crippen molar-refractivity contribution in [3.8, 4) is 0 Å². The van der Waals surface area contributed by atoms with Gasteiger partial charge in [0.05, 0.1) is 0 Å². The zero-order valence-corrected chi connectivity index (χ0v) is 11.7. The quantitative estimate of drug-likeness (QED) is 0.753. The van der Waals surface area contributed by atoms with Crippen molar-refractivity contribution in [3.05, 3.63) is 0 Å². The van der Waals surface area contributed by atoms with Crippen molar-refractivity contribution in [3.63, 3.8) is 0 Å². The Bertz CT molecular complexity index is 89.1. The van der Waals surface area contributed by atoms with Gasteiger partial charge in [-0.3, -0.25) is 0 Å². The van der Waals surface area contributed by atoms with Crippen LogP contribution in [-0.4, -0.2) is 26.6 Å². The van der Waals surface area contributed by atoms with Crippen LogP contribution in [-0.2, 0) is 0 Å². The first-order valence-electron chi connectivity index (χ1n) is 4.53. The summed E-state index contributed by atoms with van der Waals surface area (Å²) in [4.78, 5) is 0. The minimum Gasteiger partial charge on any atom is -0.412 e. The van der Waals surface area contributed by atoms with Gasteiger partial charge in [0.25, 0.3) is 0 Å². The first-order valence-corrected chi connectivity index (χ1v) is 13.5. The average Bonchev–Trinajstić information content (AvgIpc) is 1.97. The number of halogens is 1. The molecule has 0 amide bonds. The molecule has 0 rings (SSSR count). The Hall–Kier alpha value is 1.01. The second-order valence-corrected chi connectivity index (χ2v) is 15.9. The van der Waals surface area contributed by atoms with E-state index in [1.165, 1.54) is 0 Å². The van der Waals surface area contributed by atoms with Gasteiger partial charge in [0.1, 0.15) is 0 Å². The van der Waals surface area contributed by atoms with Crippen LogP contribution in [0.1, 0.15) is 39.5 Å². The zero-order valence-electron chi connectivity index (χ0n) is 8.07. The molecule has 76 valence electrons. The van der Waals surface area contributed by atoms with E-state index in [1.807, 2.05) is 0 Å². The summed E-state index contributed by atoms with van der Waals surface area (Å²) in [6.45, 7) is 4.28. The second kappa shape index (κ2) is 8.60. The monoisotopic (exact) mass is 304 g/mol. The van der Waals surface area contributed by atoms with Crippen LogP contribution in [0.2, 0.25) is 8.87 Å². The SMILES string of the molecule is CCC[CH2][Sn]([OH])([Cl])[CH2]CCC.O. The third kappa shape index (κ3) is 9.10. The predicted molar refractivity (Wildman–Crippen MR) is 56.9 cm³/mol. The average molecular weight is 303 g/mol. The number of unbranched alkanes of at least 4 members (excludes halogenated alkanes) is 2. The molecule has 0 heterocycles. The smallest absolute Gasteiger partial charge is 0.412 e. The molecule has 12 heavy (non-hydrogen) atoms. The number of rotatable bonds is 6. The van der Waals surface area contributed by atoms with Crippen LogP contribution in [0, 0.1) is 0 Å². The van der Waals surface area contributed by atoms with Gasteiger partial charge in [-0.1, -0.05) is 0 Å². The largest absolute Gasteiger partial charge is 0.412 e. The maximum Gasteiger partial charge on any atom is -0.412 e.